The Morgan fingerprint density at radius 2 is 1.43 bits per heavy atom. The van der Waals surface area contributed by atoms with Crippen LogP contribution in [0.2, 0.25) is 0 Å². The summed E-state index contributed by atoms with van der Waals surface area (Å²) in [5.41, 5.74) is 9.40. The minimum absolute atomic E-state index is 0.965. The van der Waals surface area contributed by atoms with Gasteiger partial charge in [-0.1, -0.05) is 35.9 Å². The van der Waals surface area contributed by atoms with Gasteiger partial charge in [0.25, 0.3) is 0 Å². The molecule has 0 N–H and O–H groups in total. The lowest BCUT2D eigenvalue weighted by molar-refractivity contribution is 1.30. The lowest BCUT2D eigenvalue weighted by Crippen LogP contribution is -1.94. The van der Waals surface area contributed by atoms with Gasteiger partial charge in [-0.15, -0.1) is 12.6 Å². The highest BCUT2D eigenvalue weighted by atomic mass is 32.1. The second-order valence-corrected chi connectivity index (χ2v) is 6.78. The first kappa shape index (κ1) is 17.6. The summed E-state index contributed by atoms with van der Waals surface area (Å²) < 4.78 is 0. The Kier molecular flexibility index (Phi) is 5.48. The van der Waals surface area contributed by atoms with E-state index in [1.54, 1.807) is 0 Å². The number of aryl methyl sites for hydroxylation is 5. The molecule has 0 saturated heterocycles. The lowest BCUT2D eigenvalue weighted by atomic mass is 9.99. The molecule has 2 rings (SSSR count). The van der Waals surface area contributed by atoms with E-state index in [0.29, 0.717) is 0 Å². The van der Waals surface area contributed by atoms with E-state index in [1.165, 1.54) is 33.4 Å². The van der Waals surface area contributed by atoms with E-state index in [-0.39, 0.29) is 0 Å². The van der Waals surface area contributed by atoms with Gasteiger partial charge < -0.3 is 0 Å². The van der Waals surface area contributed by atoms with Gasteiger partial charge in [0.2, 0.25) is 0 Å². The molecule has 1 nitrogen and oxygen atoms in total. The third kappa shape index (κ3) is 4.14. The topological polar surface area (TPSA) is 12.4 Å². The largest absolute Gasteiger partial charge is 0.253 e. The highest BCUT2D eigenvalue weighted by molar-refractivity contribution is 7.90. The summed E-state index contributed by atoms with van der Waals surface area (Å²) in [6, 6.07) is 10.7. The number of rotatable bonds is 3. The van der Waals surface area contributed by atoms with Gasteiger partial charge in [-0.3, -0.25) is 4.99 Å². The zero-order chi connectivity index (χ0) is 17.1. The summed E-state index contributed by atoms with van der Waals surface area (Å²) in [5, 5.41) is 0. The summed E-state index contributed by atoms with van der Waals surface area (Å²) >= 11 is 4.73. The van der Waals surface area contributed by atoms with Gasteiger partial charge in [-0.25, -0.2) is 0 Å². The predicted molar refractivity (Wildman–Crippen MR) is 106 cm³/mol. The van der Waals surface area contributed by atoms with Gasteiger partial charge in [0.15, 0.2) is 0 Å². The normalized spacial score (nSPS) is 12.7. The second-order valence-electron chi connectivity index (χ2n) is 6.30. The monoisotopic (exact) mass is 323 g/mol. The van der Waals surface area contributed by atoms with Crippen molar-refractivity contribution in [2.45, 2.75) is 41.5 Å². The standard InChI is InChI=1S/C21H25NS/c1-13-10-16(4)20(17(5)11-13)19(23)12-18(6)22-21-14(2)8-7-9-15(21)3/h7-12,23H,1-6H3/b19-12-,22-18+. The summed E-state index contributed by atoms with van der Waals surface area (Å²) in [6.07, 6.45) is 2.06. The van der Waals surface area contributed by atoms with Crippen LogP contribution >= 0.6 is 12.6 Å². The third-order valence-electron chi connectivity index (χ3n) is 4.01. The molecular weight excluding hydrogens is 298 g/mol. The summed E-state index contributed by atoms with van der Waals surface area (Å²) in [5.74, 6) is 0. The molecule has 0 unspecified atom stereocenters. The average molecular weight is 324 g/mol. The molecule has 2 aromatic rings. The molecule has 0 spiro atoms. The fourth-order valence-corrected chi connectivity index (χ4v) is 3.58. The van der Waals surface area contributed by atoms with Gasteiger partial charge in [0.1, 0.15) is 0 Å². The van der Waals surface area contributed by atoms with E-state index in [4.69, 9.17) is 17.6 Å². The number of thiol groups is 1. The molecule has 0 aliphatic heterocycles. The van der Waals surface area contributed by atoms with Crippen LogP contribution in [0, 0.1) is 34.6 Å². The van der Waals surface area contributed by atoms with Gasteiger partial charge in [-0.2, -0.15) is 0 Å². The molecule has 0 heterocycles. The molecule has 23 heavy (non-hydrogen) atoms. The zero-order valence-corrected chi connectivity index (χ0v) is 15.8. The van der Waals surface area contributed by atoms with Crippen molar-refractivity contribution >= 4 is 28.9 Å². The van der Waals surface area contributed by atoms with E-state index < -0.39 is 0 Å². The molecule has 0 radical (unpaired) electrons. The second kappa shape index (κ2) is 7.18. The minimum atomic E-state index is 0.965. The molecule has 0 bridgehead atoms. The maximum absolute atomic E-state index is 4.79. The van der Waals surface area contributed by atoms with Crippen LogP contribution in [0.5, 0.6) is 0 Å². The van der Waals surface area contributed by atoms with Crippen LogP contribution in [-0.2, 0) is 0 Å². The predicted octanol–water partition coefficient (Wildman–Crippen LogP) is 6.29. The van der Waals surface area contributed by atoms with Crippen molar-refractivity contribution in [2.75, 3.05) is 0 Å². The van der Waals surface area contributed by atoms with Crippen LogP contribution in [0.15, 0.2) is 41.4 Å². The van der Waals surface area contributed by atoms with Crippen molar-refractivity contribution in [3.63, 3.8) is 0 Å². The number of para-hydroxylation sites is 1. The molecule has 0 amide bonds. The van der Waals surface area contributed by atoms with Gasteiger partial charge in [-0.05, 0) is 75.4 Å². The molecule has 0 aliphatic carbocycles. The number of benzene rings is 2. The fourth-order valence-electron chi connectivity index (χ4n) is 3.04. The van der Waals surface area contributed by atoms with Crippen molar-refractivity contribution in [2.24, 2.45) is 4.99 Å². The molecule has 0 aliphatic rings. The first-order valence-electron chi connectivity index (χ1n) is 7.90. The quantitative estimate of drug-likeness (QED) is 0.503. The molecule has 2 aromatic carbocycles. The van der Waals surface area contributed by atoms with E-state index in [2.05, 4.69) is 71.0 Å². The Hall–Kier alpha value is -1.80. The molecular formula is C21H25NS. The molecule has 2 heteroatoms. The molecule has 0 fully saturated rings. The van der Waals surface area contributed by atoms with E-state index in [9.17, 15) is 0 Å². The minimum Gasteiger partial charge on any atom is -0.253 e. The number of allylic oxidation sites excluding steroid dienone is 1. The van der Waals surface area contributed by atoms with Crippen molar-refractivity contribution in [1.82, 2.24) is 0 Å². The fraction of sp³-hybridized carbons (Fsp3) is 0.286. The number of aliphatic imine (C=N–C) groups is 1. The Balaban J connectivity index is 2.44. The van der Waals surface area contributed by atoms with Crippen LogP contribution in [0.4, 0.5) is 5.69 Å². The highest BCUT2D eigenvalue weighted by Gasteiger charge is 2.07. The SMILES string of the molecule is CC(/C=C(\S)c1c(C)cc(C)cc1C)=N\c1c(C)cccc1C. The summed E-state index contributed by atoms with van der Waals surface area (Å²) in [4.78, 5) is 5.76. The van der Waals surface area contributed by atoms with Crippen molar-refractivity contribution in [3.05, 3.63) is 69.8 Å². The Bertz CT molecular complexity index is 754. The number of hydrogen-bond acceptors (Lipinski definition) is 2. The Morgan fingerprint density at radius 1 is 0.913 bits per heavy atom. The molecule has 0 aromatic heterocycles. The third-order valence-corrected chi connectivity index (χ3v) is 4.36. The smallest absolute Gasteiger partial charge is 0.0691 e. The first-order valence-corrected chi connectivity index (χ1v) is 8.34. The maximum Gasteiger partial charge on any atom is 0.0691 e. The first-order chi connectivity index (χ1) is 10.8. The van der Waals surface area contributed by atoms with Crippen molar-refractivity contribution in [1.29, 1.82) is 0 Å². The average Bonchev–Trinajstić information content (AvgIpc) is 2.41. The maximum atomic E-state index is 4.79. The Morgan fingerprint density at radius 3 is 1.96 bits per heavy atom. The molecule has 120 valence electrons. The Labute approximate surface area is 145 Å². The van der Waals surface area contributed by atoms with Crippen LogP contribution in [0.1, 0.15) is 40.3 Å². The highest BCUT2D eigenvalue weighted by Crippen LogP contribution is 2.28. The zero-order valence-electron chi connectivity index (χ0n) is 14.9. The van der Waals surface area contributed by atoms with Gasteiger partial charge in [0.05, 0.1) is 5.69 Å². The van der Waals surface area contributed by atoms with E-state index >= 15 is 0 Å². The number of hydrogen-bond donors (Lipinski definition) is 1. The van der Waals surface area contributed by atoms with Crippen LogP contribution in [-0.4, -0.2) is 5.71 Å². The summed E-state index contributed by atoms with van der Waals surface area (Å²) in [7, 11) is 0. The van der Waals surface area contributed by atoms with Crippen molar-refractivity contribution < 1.29 is 0 Å². The van der Waals surface area contributed by atoms with Crippen LogP contribution in [0.25, 0.3) is 4.91 Å². The van der Waals surface area contributed by atoms with Crippen LogP contribution in [0.3, 0.4) is 0 Å². The van der Waals surface area contributed by atoms with Gasteiger partial charge in [0, 0.05) is 10.6 Å². The van der Waals surface area contributed by atoms with Gasteiger partial charge >= 0.3 is 0 Å². The lowest BCUT2D eigenvalue weighted by Gasteiger charge is -2.11. The summed E-state index contributed by atoms with van der Waals surface area (Å²) in [6.45, 7) is 12.6. The van der Waals surface area contributed by atoms with E-state index in [0.717, 1.165) is 16.3 Å². The molecule has 0 atom stereocenters. The number of nitrogens with zero attached hydrogens (tertiary/aromatic N) is 1. The molecule has 0 saturated carbocycles. The van der Waals surface area contributed by atoms with E-state index in [1.807, 2.05) is 6.92 Å². The van der Waals surface area contributed by atoms with Crippen molar-refractivity contribution in [3.8, 4) is 0 Å². The van der Waals surface area contributed by atoms with Crippen LogP contribution < -0.4 is 0 Å².